The van der Waals surface area contributed by atoms with Gasteiger partial charge in [-0.3, -0.25) is 0 Å². The van der Waals surface area contributed by atoms with E-state index < -0.39 is 23.1 Å². The first-order chi connectivity index (χ1) is 7.33. The van der Waals surface area contributed by atoms with Crippen molar-refractivity contribution in [2.75, 3.05) is 13.1 Å². The van der Waals surface area contributed by atoms with Crippen molar-refractivity contribution in [2.24, 2.45) is 5.73 Å². The summed E-state index contributed by atoms with van der Waals surface area (Å²) >= 11 is 0. The first-order valence-corrected chi connectivity index (χ1v) is 4.70. The molecule has 0 saturated carbocycles. The lowest BCUT2D eigenvalue weighted by Gasteiger charge is -2.39. The fourth-order valence-electron chi connectivity index (χ4n) is 1.67. The Hall–Kier alpha value is -0.850. The van der Waals surface area contributed by atoms with Crippen molar-refractivity contribution >= 4 is 12.4 Å². The van der Waals surface area contributed by atoms with E-state index in [4.69, 9.17) is 5.73 Å². The molecule has 0 aliphatic carbocycles. The number of alkyl halides is 3. The zero-order valence-corrected chi connectivity index (χ0v) is 9.46. The van der Waals surface area contributed by atoms with Crippen LogP contribution in [0.4, 0.5) is 17.6 Å². The van der Waals surface area contributed by atoms with Gasteiger partial charge < -0.3 is 11.1 Å². The number of hydrogen-bond donors (Lipinski definition) is 2. The van der Waals surface area contributed by atoms with Crippen LogP contribution in [0.15, 0.2) is 18.2 Å². The quantitative estimate of drug-likeness (QED) is 0.767. The van der Waals surface area contributed by atoms with Gasteiger partial charge in [0.15, 0.2) is 0 Å². The van der Waals surface area contributed by atoms with E-state index in [2.05, 4.69) is 5.32 Å². The van der Waals surface area contributed by atoms with Gasteiger partial charge in [-0.25, -0.2) is 4.39 Å². The molecule has 0 amide bonds. The Balaban J connectivity index is 0.00000144. The van der Waals surface area contributed by atoms with E-state index in [0.29, 0.717) is 6.07 Å². The highest BCUT2D eigenvalue weighted by atomic mass is 35.5. The highest BCUT2D eigenvalue weighted by Gasteiger charge is 2.39. The van der Waals surface area contributed by atoms with Crippen molar-refractivity contribution in [1.29, 1.82) is 0 Å². The number of nitrogens with two attached hydrogens (primary N) is 1. The van der Waals surface area contributed by atoms with Crippen LogP contribution in [0.5, 0.6) is 0 Å². The second-order valence-electron chi connectivity index (χ2n) is 3.95. The molecule has 2 nitrogen and oxygen atoms in total. The zero-order chi connectivity index (χ0) is 12.0. The number of hydrogen-bond acceptors (Lipinski definition) is 2. The van der Waals surface area contributed by atoms with Gasteiger partial charge in [-0.2, -0.15) is 13.2 Å². The van der Waals surface area contributed by atoms with Crippen molar-refractivity contribution in [3.8, 4) is 0 Å². The molecule has 3 N–H and O–H groups in total. The second kappa shape index (κ2) is 4.44. The second-order valence-corrected chi connectivity index (χ2v) is 3.95. The molecule has 1 aliphatic rings. The maximum absolute atomic E-state index is 13.4. The van der Waals surface area contributed by atoms with Gasteiger partial charge >= 0.3 is 6.18 Å². The molecule has 2 rings (SSSR count). The maximum Gasteiger partial charge on any atom is 0.416 e. The van der Waals surface area contributed by atoms with Gasteiger partial charge in [0.2, 0.25) is 0 Å². The van der Waals surface area contributed by atoms with Crippen LogP contribution < -0.4 is 11.1 Å². The summed E-state index contributed by atoms with van der Waals surface area (Å²) in [5.74, 6) is -0.697. The molecular weight excluding hydrogens is 260 g/mol. The van der Waals surface area contributed by atoms with Crippen molar-refractivity contribution in [1.82, 2.24) is 5.32 Å². The number of rotatable bonds is 1. The lowest BCUT2D eigenvalue weighted by atomic mass is 9.84. The molecule has 1 aromatic carbocycles. The molecule has 1 fully saturated rings. The van der Waals surface area contributed by atoms with Crippen LogP contribution in [0, 0.1) is 5.82 Å². The van der Waals surface area contributed by atoms with Crippen LogP contribution in [0.2, 0.25) is 0 Å². The Morgan fingerprint density at radius 2 is 1.82 bits per heavy atom. The van der Waals surface area contributed by atoms with Crippen LogP contribution in [0.1, 0.15) is 11.1 Å². The van der Waals surface area contributed by atoms with Gasteiger partial charge in [-0.1, -0.05) is 0 Å². The van der Waals surface area contributed by atoms with E-state index in [0.717, 1.165) is 12.1 Å². The van der Waals surface area contributed by atoms with E-state index in [9.17, 15) is 17.6 Å². The maximum atomic E-state index is 13.4. The van der Waals surface area contributed by atoms with Crippen molar-refractivity contribution in [2.45, 2.75) is 11.7 Å². The summed E-state index contributed by atoms with van der Waals surface area (Å²) in [6.45, 7) is 0.566. The largest absolute Gasteiger partial charge is 0.416 e. The van der Waals surface area contributed by atoms with Crippen LogP contribution in [-0.2, 0) is 11.7 Å². The van der Waals surface area contributed by atoms with Gasteiger partial charge in [0.1, 0.15) is 5.82 Å². The molecular formula is C10H11ClF4N2. The van der Waals surface area contributed by atoms with Crippen LogP contribution in [0.3, 0.4) is 0 Å². The minimum atomic E-state index is -4.48. The molecule has 0 radical (unpaired) electrons. The highest BCUT2D eigenvalue weighted by Crippen LogP contribution is 2.33. The summed E-state index contributed by atoms with van der Waals surface area (Å²) in [6, 6.07) is 2.32. The molecule has 0 unspecified atom stereocenters. The number of nitrogens with one attached hydrogen (secondary N) is 1. The van der Waals surface area contributed by atoms with E-state index in [1.54, 1.807) is 0 Å². The first kappa shape index (κ1) is 14.2. The predicted molar refractivity (Wildman–Crippen MR) is 57.4 cm³/mol. The zero-order valence-electron chi connectivity index (χ0n) is 8.64. The van der Waals surface area contributed by atoms with Crippen molar-refractivity contribution in [3.05, 3.63) is 35.1 Å². The van der Waals surface area contributed by atoms with E-state index in [1.165, 1.54) is 0 Å². The Kier molecular flexibility index (Phi) is 3.71. The SMILES string of the molecule is Cl.NC1(c2cc(C(F)(F)F)ccc2F)CNC1. The number of halogens is 5. The summed E-state index contributed by atoms with van der Waals surface area (Å²) < 4.78 is 50.7. The minimum Gasteiger partial charge on any atom is -0.319 e. The molecule has 1 heterocycles. The molecule has 7 heteroatoms. The molecule has 1 aromatic rings. The summed E-state index contributed by atoms with van der Waals surface area (Å²) in [5.41, 5.74) is 3.79. The van der Waals surface area contributed by atoms with Crippen LogP contribution in [-0.4, -0.2) is 13.1 Å². The van der Waals surface area contributed by atoms with E-state index in [-0.39, 0.29) is 31.1 Å². The first-order valence-electron chi connectivity index (χ1n) is 4.70. The smallest absolute Gasteiger partial charge is 0.319 e. The molecule has 0 atom stereocenters. The van der Waals surface area contributed by atoms with Gasteiger partial charge in [-0.15, -0.1) is 12.4 Å². The van der Waals surface area contributed by atoms with Gasteiger partial charge in [0.25, 0.3) is 0 Å². The third-order valence-corrected chi connectivity index (χ3v) is 2.71. The standard InChI is InChI=1S/C10H10F4N2.ClH/c11-8-2-1-6(10(12,13)14)3-7(8)9(15)4-16-5-9;/h1-3,16H,4-5,15H2;1H. The summed E-state index contributed by atoms with van der Waals surface area (Å²) in [5, 5.41) is 2.81. The van der Waals surface area contributed by atoms with Gasteiger partial charge in [-0.05, 0) is 18.2 Å². The normalized spacial score (nSPS) is 18.2. The van der Waals surface area contributed by atoms with Gasteiger partial charge in [0.05, 0.1) is 11.1 Å². The van der Waals surface area contributed by atoms with Crippen molar-refractivity contribution in [3.63, 3.8) is 0 Å². The van der Waals surface area contributed by atoms with E-state index >= 15 is 0 Å². The van der Waals surface area contributed by atoms with Crippen molar-refractivity contribution < 1.29 is 17.6 Å². The average Bonchev–Trinajstić information content (AvgIpc) is 2.13. The van der Waals surface area contributed by atoms with E-state index in [1.807, 2.05) is 0 Å². The summed E-state index contributed by atoms with van der Waals surface area (Å²) in [4.78, 5) is 0. The Labute approximate surface area is 102 Å². The topological polar surface area (TPSA) is 38.0 Å². The highest BCUT2D eigenvalue weighted by molar-refractivity contribution is 5.85. The van der Waals surface area contributed by atoms with Crippen LogP contribution >= 0.6 is 12.4 Å². The third-order valence-electron chi connectivity index (χ3n) is 2.71. The molecule has 17 heavy (non-hydrogen) atoms. The predicted octanol–water partition coefficient (Wildman–Crippen LogP) is 2.02. The molecule has 1 aliphatic heterocycles. The lowest BCUT2D eigenvalue weighted by Crippen LogP contribution is -2.63. The number of benzene rings is 1. The Morgan fingerprint density at radius 3 is 2.24 bits per heavy atom. The minimum absolute atomic E-state index is 0. The average molecular weight is 271 g/mol. The molecule has 96 valence electrons. The molecule has 0 spiro atoms. The fourth-order valence-corrected chi connectivity index (χ4v) is 1.67. The van der Waals surface area contributed by atoms with Gasteiger partial charge in [0, 0.05) is 18.7 Å². The summed E-state index contributed by atoms with van der Waals surface area (Å²) in [6.07, 6.45) is -4.48. The molecule has 0 bridgehead atoms. The monoisotopic (exact) mass is 270 g/mol. The lowest BCUT2D eigenvalue weighted by molar-refractivity contribution is -0.137. The van der Waals surface area contributed by atoms with Crippen LogP contribution in [0.25, 0.3) is 0 Å². The molecule has 0 aromatic heterocycles. The molecule has 1 saturated heterocycles. The Bertz CT molecular complexity index is 415. The summed E-state index contributed by atoms with van der Waals surface area (Å²) in [7, 11) is 0. The third kappa shape index (κ3) is 2.53. The Morgan fingerprint density at radius 1 is 1.24 bits per heavy atom. The fraction of sp³-hybridized carbons (Fsp3) is 0.400.